The fourth-order valence-corrected chi connectivity index (χ4v) is 2.17. The van der Waals surface area contributed by atoms with Gasteiger partial charge in [0.1, 0.15) is 5.82 Å². The van der Waals surface area contributed by atoms with Crippen molar-refractivity contribution in [2.75, 3.05) is 0 Å². The van der Waals surface area contributed by atoms with Crippen LogP contribution in [-0.4, -0.2) is 15.5 Å². The Bertz CT molecular complexity index is 671. The molecule has 2 rings (SSSR count). The largest absolute Gasteiger partial charge is 0.347 e. The van der Waals surface area contributed by atoms with Crippen molar-refractivity contribution < 1.29 is 4.79 Å². The second-order valence-electron chi connectivity index (χ2n) is 5.19. The summed E-state index contributed by atoms with van der Waals surface area (Å²) in [5.41, 5.74) is 2.66. The molecule has 1 heterocycles. The maximum Gasteiger partial charge on any atom is 0.246 e. The number of allylic oxidation sites excluding steroid dienone is 1. The van der Waals surface area contributed by atoms with Crippen LogP contribution in [0.2, 0.25) is 0 Å². The highest BCUT2D eigenvalue weighted by Crippen LogP contribution is 2.11. The topological polar surface area (TPSA) is 46.9 Å². The first-order valence-corrected chi connectivity index (χ1v) is 7.23. The van der Waals surface area contributed by atoms with E-state index in [1.165, 1.54) is 5.56 Å². The van der Waals surface area contributed by atoms with E-state index in [-0.39, 0.29) is 5.91 Å². The number of amides is 1. The maximum atomic E-state index is 11.7. The molecule has 1 N–H and O–H groups in total. The van der Waals surface area contributed by atoms with Gasteiger partial charge < -0.3 is 9.88 Å². The van der Waals surface area contributed by atoms with Crippen LogP contribution in [0.1, 0.15) is 24.0 Å². The zero-order valence-corrected chi connectivity index (χ0v) is 12.9. The van der Waals surface area contributed by atoms with E-state index in [9.17, 15) is 4.79 Å². The van der Waals surface area contributed by atoms with Crippen LogP contribution in [0, 0.1) is 0 Å². The molecule has 1 aromatic carbocycles. The fraction of sp³-hybridized carbons (Fsp3) is 0.222. The van der Waals surface area contributed by atoms with E-state index in [4.69, 9.17) is 0 Å². The van der Waals surface area contributed by atoms with Crippen LogP contribution in [0.4, 0.5) is 0 Å². The standard InChI is InChI=1S/C18H21N3O/c1-4-8-17-19-11-16(12-20-18(22)14(2)3)21(17)13-15-9-6-5-7-10-15/h4-7,9-11H,1-2,8,12-13H2,3H3,(H,20,22). The molecular formula is C18H21N3O. The number of carbonyl (C=O) groups is 1. The van der Waals surface area contributed by atoms with Gasteiger partial charge in [-0.1, -0.05) is 43.0 Å². The number of aromatic nitrogens is 2. The number of rotatable bonds is 7. The van der Waals surface area contributed by atoms with Crippen LogP contribution in [0.3, 0.4) is 0 Å². The van der Waals surface area contributed by atoms with Crippen molar-refractivity contribution in [2.45, 2.75) is 26.4 Å². The number of hydrogen-bond acceptors (Lipinski definition) is 2. The summed E-state index contributed by atoms with van der Waals surface area (Å²) in [6, 6.07) is 10.2. The third-order valence-electron chi connectivity index (χ3n) is 3.35. The summed E-state index contributed by atoms with van der Waals surface area (Å²) < 4.78 is 2.12. The molecule has 0 saturated heterocycles. The Labute approximate surface area is 131 Å². The molecule has 0 spiro atoms. The minimum absolute atomic E-state index is 0.141. The summed E-state index contributed by atoms with van der Waals surface area (Å²) in [5, 5.41) is 2.85. The van der Waals surface area contributed by atoms with Crippen LogP contribution >= 0.6 is 0 Å². The number of hydrogen-bond donors (Lipinski definition) is 1. The average molecular weight is 295 g/mol. The van der Waals surface area contributed by atoms with E-state index in [2.05, 4.69) is 40.2 Å². The third-order valence-corrected chi connectivity index (χ3v) is 3.35. The monoisotopic (exact) mass is 295 g/mol. The first-order chi connectivity index (χ1) is 10.6. The molecule has 22 heavy (non-hydrogen) atoms. The Balaban J connectivity index is 2.20. The normalized spacial score (nSPS) is 10.2. The van der Waals surface area contributed by atoms with Gasteiger partial charge in [0.05, 0.1) is 18.4 Å². The predicted octanol–water partition coefficient (Wildman–Crippen LogP) is 2.85. The van der Waals surface area contributed by atoms with Crippen LogP contribution in [-0.2, 0) is 24.3 Å². The smallest absolute Gasteiger partial charge is 0.246 e. The second kappa shape index (κ2) is 7.41. The number of carbonyl (C=O) groups excluding carboxylic acids is 1. The maximum absolute atomic E-state index is 11.7. The van der Waals surface area contributed by atoms with E-state index in [0.717, 1.165) is 18.1 Å². The molecule has 0 aliphatic heterocycles. The molecule has 2 aromatic rings. The van der Waals surface area contributed by atoms with Gasteiger partial charge in [-0.15, -0.1) is 6.58 Å². The van der Waals surface area contributed by atoms with Gasteiger partial charge in [0.2, 0.25) is 5.91 Å². The Hall–Kier alpha value is -2.62. The van der Waals surface area contributed by atoms with Gasteiger partial charge in [-0.3, -0.25) is 4.79 Å². The Morgan fingerprint density at radius 3 is 2.73 bits per heavy atom. The highest BCUT2D eigenvalue weighted by Gasteiger charge is 2.11. The van der Waals surface area contributed by atoms with E-state index in [0.29, 0.717) is 18.5 Å². The lowest BCUT2D eigenvalue weighted by molar-refractivity contribution is -0.117. The number of benzene rings is 1. The van der Waals surface area contributed by atoms with E-state index in [1.807, 2.05) is 24.3 Å². The molecular weight excluding hydrogens is 274 g/mol. The lowest BCUT2D eigenvalue weighted by atomic mass is 10.2. The molecule has 0 radical (unpaired) electrons. The first kappa shape index (κ1) is 15.8. The van der Waals surface area contributed by atoms with Gasteiger partial charge in [0, 0.05) is 18.5 Å². The van der Waals surface area contributed by atoms with Crippen LogP contribution in [0.5, 0.6) is 0 Å². The fourth-order valence-electron chi connectivity index (χ4n) is 2.17. The zero-order valence-electron chi connectivity index (χ0n) is 12.9. The third kappa shape index (κ3) is 3.95. The quantitative estimate of drug-likeness (QED) is 0.630. The van der Waals surface area contributed by atoms with Crippen LogP contribution in [0.15, 0.2) is 61.3 Å². The highest BCUT2D eigenvalue weighted by atomic mass is 16.1. The van der Waals surface area contributed by atoms with Crippen molar-refractivity contribution in [3.05, 3.63) is 78.4 Å². The Morgan fingerprint density at radius 2 is 2.09 bits per heavy atom. The minimum atomic E-state index is -0.141. The average Bonchev–Trinajstić information content (AvgIpc) is 2.88. The summed E-state index contributed by atoms with van der Waals surface area (Å²) in [4.78, 5) is 16.1. The molecule has 0 bridgehead atoms. The van der Waals surface area contributed by atoms with E-state index >= 15 is 0 Å². The zero-order chi connectivity index (χ0) is 15.9. The lowest BCUT2D eigenvalue weighted by Crippen LogP contribution is -2.24. The summed E-state index contributed by atoms with van der Waals surface area (Å²) in [6.07, 6.45) is 4.34. The van der Waals surface area contributed by atoms with E-state index in [1.54, 1.807) is 13.1 Å². The minimum Gasteiger partial charge on any atom is -0.347 e. The number of nitrogens with zero attached hydrogens (tertiary/aromatic N) is 2. The molecule has 114 valence electrons. The van der Waals surface area contributed by atoms with Crippen LogP contribution in [0.25, 0.3) is 0 Å². The van der Waals surface area contributed by atoms with Gasteiger partial charge in [-0.05, 0) is 12.5 Å². The summed E-state index contributed by atoms with van der Waals surface area (Å²) in [6.45, 7) is 10.3. The predicted molar refractivity (Wildman–Crippen MR) is 88.3 cm³/mol. The lowest BCUT2D eigenvalue weighted by Gasteiger charge is -2.12. The second-order valence-corrected chi connectivity index (χ2v) is 5.19. The molecule has 1 amide bonds. The van der Waals surface area contributed by atoms with Gasteiger partial charge in [0.15, 0.2) is 0 Å². The molecule has 0 atom stereocenters. The van der Waals surface area contributed by atoms with Gasteiger partial charge in [-0.2, -0.15) is 0 Å². The van der Waals surface area contributed by atoms with Crippen molar-refractivity contribution in [3.8, 4) is 0 Å². The molecule has 4 nitrogen and oxygen atoms in total. The van der Waals surface area contributed by atoms with Crippen molar-refractivity contribution in [2.24, 2.45) is 0 Å². The van der Waals surface area contributed by atoms with Crippen molar-refractivity contribution in [1.82, 2.24) is 14.9 Å². The number of nitrogens with one attached hydrogen (secondary N) is 1. The molecule has 0 aliphatic rings. The van der Waals surface area contributed by atoms with Crippen molar-refractivity contribution in [3.63, 3.8) is 0 Å². The first-order valence-electron chi connectivity index (χ1n) is 7.23. The van der Waals surface area contributed by atoms with Gasteiger partial charge >= 0.3 is 0 Å². The molecule has 0 unspecified atom stereocenters. The van der Waals surface area contributed by atoms with Crippen molar-refractivity contribution >= 4 is 5.91 Å². The summed E-state index contributed by atoms with van der Waals surface area (Å²) >= 11 is 0. The van der Waals surface area contributed by atoms with E-state index < -0.39 is 0 Å². The molecule has 0 fully saturated rings. The molecule has 4 heteroatoms. The summed E-state index contributed by atoms with van der Waals surface area (Å²) in [5.74, 6) is 0.802. The molecule has 0 saturated carbocycles. The SMILES string of the molecule is C=CCc1ncc(CNC(=O)C(=C)C)n1Cc1ccccc1. The Morgan fingerprint density at radius 1 is 1.36 bits per heavy atom. The summed E-state index contributed by atoms with van der Waals surface area (Å²) in [7, 11) is 0. The Kier molecular flexibility index (Phi) is 5.31. The number of imidazole rings is 1. The van der Waals surface area contributed by atoms with Crippen LogP contribution < -0.4 is 5.32 Å². The molecule has 1 aromatic heterocycles. The van der Waals surface area contributed by atoms with Gasteiger partial charge in [0.25, 0.3) is 0 Å². The van der Waals surface area contributed by atoms with Crippen molar-refractivity contribution in [1.29, 1.82) is 0 Å². The van der Waals surface area contributed by atoms with Gasteiger partial charge in [-0.25, -0.2) is 4.98 Å². The highest BCUT2D eigenvalue weighted by molar-refractivity contribution is 5.91. The molecule has 0 aliphatic carbocycles.